The van der Waals surface area contributed by atoms with E-state index in [1.807, 2.05) is 0 Å². The van der Waals surface area contributed by atoms with Gasteiger partial charge >= 0.3 is 17.9 Å². The van der Waals surface area contributed by atoms with E-state index in [9.17, 15) is 23.6 Å². The predicted octanol–water partition coefficient (Wildman–Crippen LogP) is 3.86. The Bertz CT molecular complexity index is 1430. The largest absolute Gasteiger partial charge is 0.419 e. The third-order valence-corrected chi connectivity index (χ3v) is 6.43. The van der Waals surface area contributed by atoms with Crippen LogP contribution in [0.4, 0.5) is 10.1 Å². The van der Waals surface area contributed by atoms with Crippen LogP contribution in [0.5, 0.6) is 5.75 Å². The summed E-state index contributed by atoms with van der Waals surface area (Å²) in [4.78, 5) is 57.1. The summed E-state index contributed by atoms with van der Waals surface area (Å²) in [5.41, 5.74) is 3.75. The molecule has 1 aromatic heterocycles. The molecule has 2 aromatic carbocycles. The van der Waals surface area contributed by atoms with E-state index in [1.54, 1.807) is 19.9 Å². The van der Waals surface area contributed by atoms with E-state index >= 15 is 0 Å². The van der Waals surface area contributed by atoms with Gasteiger partial charge in [-0.05, 0) is 55.0 Å². The van der Waals surface area contributed by atoms with Gasteiger partial charge in [-0.25, -0.2) is 18.8 Å². The standard InChI is InChI=1S/C25H22FN3O9S/c1-25(2,24(33)29-15-8-13(21(30)37-34)7-14(9-15)22(31)38-35)11-16-4-6-19(39-16)23(32)36-18-5-3-12(20(27)28)10-17(18)26/h3-10,34-35H,11H2,1-2H3,(H3,27,28)(H,29,33). The van der Waals surface area contributed by atoms with Gasteiger partial charge in [0.1, 0.15) is 10.7 Å². The van der Waals surface area contributed by atoms with Crippen LogP contribution in [0, 0.1) is 16.6 Å². The van der Waals surface area contributed by atoms with Crippen molar-refractivity contribution in [2.45, 2.75) is 20.3 Å². The van der Waals surface area contributed by atoms with E-state index in [4.69, 9.17) is 26.4 Å². The molecule has 14 heteroatoms. The molecule has 0 radical (unpaired) electrons. The van der Waals surface area contributed by atoms with Gasteiger partial charge in [-0.15, -0.1) is 11.3 Å². The summed E-state index contributed by atoms with van der Waals surface area (Å²) in [5.74, 6) is -5.33. The highest BCUT2D eigenvalue weighted by Gasteiger charge is 2.30. The summed E-state index contributed by atoms with van der Waals surface area (Å²) in [6, 6.07) is 9.84. The molecule has 1 heterocycles. The molecular formula is C25H22FN3O9S. The number of nitrogens with one attached hydrogen (secondary N) is 2. The first kappa shape index (κ1) is 28.9. The van der Waals surface area contributed by atoms with Gasteiger partial charge in [-0.1, -0.05) is 13.8 Å². The lowest BCUT2D eigenvalue weighted by atomic mass is 9.87. The summed E-state index contributed by atoms with van der Waals surface area (Å²) in [6.45, 7) is 3.22. The number of nitrogen functional groups attached to an aromatic ring is 1. The fraction of sp³-hybridized carbons (Fsp3) is 0.160. The van der Waals surface area contributed by atoms with Crippen molar-refractivity contribution < 1.29 is 48.6 Å². The number of nitrogens with two attached hydrogens (primary N) is 1. The number of carbonyl (C=O) groups excluding carboxylic acids is 4. The van der Waals surface area contributed by atoms with Gasteiger partial charge in [0.15, 0.2) is 11.6 Å². The highest BCUT2D eigenvalue weighted by atomic mass is 32.1. The lowest BCUT2D eigenvalue weighted by Gasteiger charge is -2.23. The van der Waals surface area contributed by atoms with Crippen LogP contribution in [-0.4, -0.2) is 40.2 Å². The SMILES string of the molecule is CC(C)(Cc1ccc(C(=O)Oc2ccc(C(=N)N)cc2F)s1)C(=O)Nc1cc(C(=O)OO)cc(C(=O)OO)c1. The molecule has 0 unspecified atom stereocenters. The second-order valence-corrected chi connectivity index (χ2v) is 9.95. The Balaban J connectivity index is 1.72. The first-order chi connectivity index (χ1) is 18.3. The summed E-state index contributed by atoms with van der Waals surface area (Å²) < 4.78 is 19.3. The number of amidine groups is 1. The van der Waals surface area contributed by atoms with Crippen LogP contribution in [0.3, 0.4) is 0 Å². The van der Waals surface area contributed by atoms with Crippen LogP contribution in [0.15, 0.2) is 48.5 Å². The van der Waals surface area contributed by atoms with Crippen molar-refractivity contribution in [2.24, 2.45) is 11.1 Å². The monoisotopic (exact) mass is 559 g/mol. The molecule has 12 nitrogen and oxygen atoms in total. The van der Waals surface area contributed by atoms with E-state index in [0.29, 0.717) is 4.88 Å². The van der Waals surface area contributed by atoms with Gasteiger partial charge in [0.25, 0.3) is 0 Å². The number of carbonyl (C=O) groups is 4. The maximum absolute atomic E-state index is 14.2. The first-order valence-corrected chi connectivity index (χ1v) is 11.8. The summed E-state index contributed by atoms with van der Waals surface area (Å²) in [5, 5.41) is 27.2. The molecule has 0 fully saturated rings. The molecule has 0 bridgehead atoms. The van der Waals surface area contributed by atoms with Crippen LogP contribution in [0.1, 0.15) is 54.7 Å². The third kappa shape index (κ3) is 7.01. The number of ether oxygens (including phenoxy) is 1. The molecule has 3 aromatic rings. The second kappa shape index (κ2) is 11.8. The van der Waals surface area contributed by atoms with Crippen LogP contribution >= 0.6 is 11.3 Å². The highest BCUT2D eigenvalue weighted by molar-refractivity contribution is 7.14. The Morgan fingerprint density at radius 1 is 0.949 bits per heavy atom. The molecule has 6 N–H and O–H groups in total. The Morgan fingerprint density at radius 3 is 2.10 bits per heavy atom. The molecule has 39 heavy (non-hydrogen) atoms. The molecule has 1 amide bonds. The van der Waals surface area contributed by atoms with Crippen molar-refractivity contribution in [3.8, 4) is 5.75 Å². The zero-order valence-electron chi connectivity index (χ0n) is 20.4. The molecule has 0 saturated carbocycles. The first-order valence-electron chi connectivity index (χ1n) is 11.0. The lowest BCUT2D eigenvalue weighted by molar-refractivity contribution is -0.183. The van der Waals surface area contributed by atoms with Crippen molar-refractivity contribution in [1.29, 1.82) is 5.41 Å². The number of amides is 1. The smallest absolute Gasteiger partial charge is 0.372 e. The van der Waals surface area contributed by atoms with E-state index in [1.165, 1.54) is 18.2 Å². The Hall–Kier alpha value is -4.66. The van der Waals surface area contributed by atoms with Gasteiger partial charge < -0.3 is 15.8 Å². The number of halogens is 1. The van der Waals surface area contributed by atoms with Gasteiger partial charge in [0, 0.05) is 21.5 Å². The summed E-state index contributed by atoms with van der Waals surface area (Å²) in [7, 11) is 0. The summed E-state index contributed by atoms with van der Waals surface area (Å²) in [6.07, 6.45) is 0.155. The van der Waals surface area contributed by atoms with Crippen LogP contribution < -0.4 is 15.8 Å². The van der Waals surface area contributed by atoms with Crippen molar-refractivity contribution in [2.75, 3.05) is 5.32 Å². The summed E-state index contributed by atoms with van der Waals surface area (Å²) >= 11 is 1.03. The topological polar surface area (TPSA) is 198 Å². The van der Waals surface area contributed by atoms with Crippen molar-refractivity contribution in [1.82, 2.24) is 0 Å². The van der Waals surface area contributed by atoms with E-state index in [0.717, 1.165) is 35.6 Å². The fourth-order valence-corrected chi connectivity index (χ4v) is 4.45. The molecule has 0 spiro atoms. The van der Waals surface area contributed by atoms with E-state index < -0.39 is 35.0 Å². The predicted molar refractivity (Wildman–Crippen MR) is 135 cm³/mol. The maximum atomic E-state index is 14.2. The molecule has 0 aliphatic heterocycles. The minimum Gasteiger partial charge on any atom is -0.419 e. The minimum atomic E-state index is -1.22. The molecule has 0 aliphatic rings. The molecule has 0 saturated heterocycles. The number of anilines is 1. The quantitative estimate of drug-likeness (QED) is 0.0640. The van der Waals surface area contributed by atoms with Crippen LogP contribution in [-0.2, 0) is 21.0 Å². The van der Waals surface area contributed by atoms with Crippen LogP contribution in [0.25, 0.3) is 0 Å². The van der Waals surface area contributed by atoms with Crippen molar-refractivity contribution >= 4 is 46.7 Å². The van der Waals surface area contributed by atoms with Gasteiger partial charge in [0.05, 0.1) is 11.1 Å². The number of thiophene rings is 1. The number of rotatable bonds is 9. The Kier molecular flexibility index (Phi) is 8.75. The van der Waals surface area contributed by atoms with Crippen LogP contribution in [0.2, 0.25) is 0 Å². The molecule has 204 valence electrons. The molecular weight excluding hydrogens is 537 g/mol. The second-order valence-electron chi connectivity index (χ2n) is 8.79. The highest BCUT2D eigenvalue weighted by Crippen LogP contribution is 2.30. The molecule has 0 aliphatic carbocycles. The Morgan fingerprint density at radius 2 is 1.56 bits per heavy atom. The fourth-order valence-electron chi connectivity index (χ4n) is 3.34. The van der Waals surface area contributed by atoms with Gasteiger partial charge in [-0.3, -0.25) is 20.0 Å². The zero-order chi connectivity index (χ0) is 28.9. The number of hydrogen-bond acceptors (Lipinski definition) is 11. The van der Waals surface area contributed by atoms with Crippen molar-refractivity contribution in [3.63, 3.8) is 0 Å². The lowest BCUT2D eigenvalue weighted by Crippen LogP contribution is -2.32. The van der Waals surface area contributed by atoms with Gasteiger partial charge in [-0.2, -0.15) is 10.5 Å². The normalized spacial score (nSPS) is 10.9. The third-order valence-electron chi connectivity index (χ3n) is 5.37. The maximum Gasteiger partial charge on any atom is 0.372 e. The minimum absolute atomic E-state index is 0.0235. The van der Waals surface area contributed by atoms with E-state index in [2.05, 4.69) is 15.1 Å². The average Bonchev–Trinajstić information content (AvgIpc) is 3.36. The zero-order valence-corrected chi connectivity index (χ0v) is 21.3. The molecule has 0 atom stereocenters. The number of hydrogen-bond donors (Lipinski definition) is 5. The Labute approximate surface area is 224 Å². The average molecular weight is 560 g/mol. The van der Waals surface area contributed by atoms with Gasteiger partial charge in [0.2, 0.25) is 5.91 Å². The van der Waals surface area contributed by atoms with E-state index in [-0.39, 0.29) is 45.3 Å². The number of benzene rings is 2. The number of esters is 1. The van der Waals surface area contributed by atoms with Crippen molar-refractivity contribution in [3.05, 3.63) is 80.8 Å². The molecule has 3 rings (SSSR count).